The van der Waals surface area contributed by atoms with Crippen molar-refractivity contribution in [2.45, 2.75) is 52.1 Å². The molecule has 146 valence electrons. The number of carbonyl (C=O) groups is 2. The van der Waals surface area contributed by atoms with E-state index in [9.17, 15) is 9.59 Å². The van der Waals surface area contributed by atoms with Gasteiger partial charge in [0.05, 0.1) is 12.3 Å². The lowest BCUT2D eigenvalue weighted by Crippen LogP contribution is -2.49. The van der Waals surface area contributed by atoms with Crippen LogP contribution in [0.1, 0.15) is 45.6 Å². The Morgan fingerprint density at radius 1 is 1.46 bits per heavy atom. The van der Waals surface area contributed by atoms with E-state index in [0.717, 1.165) is 15.7 Å². The Balaban J connectivity index is 0.00000163. The smallest absolute Gasteiger partial charge is 0.239 e. The number of hydrogen-bond acceptors (Lipinski definition) is 4. The van der Waals surface area contributed by atoms with Gasteiger partial charge in [0.15, 0.2) is 0 Å². The van der Waals surface area contributed by atoms with Crippen molar-refractivity contribution >= 4 is 33.9 Å². The van der Waals surface area contributed by atoms with Crippen molar-refractivity contribution in [1.82, 2.24) is 5.32 Å². The number of nitrogens with zero attached hydrogens (tertiary/aromatic N) is 1. The number of rotatable bonds is 9. The number of carbonyl (C=O) groups excluding carboxylic acids is 2. The molecule has 0 spiro atoms. The standard InChI is InChI=1S/C17H24BrN3O3.C2H6/c1-3-24-9-13-12-5-4-6-14(18)16(12)21(11(2)17(19)23)15(13)7-8-20-10-22;1-2/h4-6,10-11,13,15H,3,7-9H2,1-2H3,(H2,19,23)(H,20,22);1-2H3. The number of hydrogen-bond donors (Lipinski definition) is 2. The van der Waals surface area contributed by atoms with E-state index in [1.807, 2.05) is 39.8 Å². The summed E-state index contributed by atoms with van der Waals surface area (Å²) in [6.07, 6.45) is 1.40. The first-order valence-corrected chi connectivity index (χ1v) is 9.93. The number of nitrogens with two attached hydrogens (primary N) is 1. The van der Waals surface area contributed by atoms with E-state index in [-0.39, 0.29) is 17.9 Å². The molecule has 3 N–H and O–H groups in total. The fraction of sp³-hybridized carbons (Fsp3) is 0.579. The third-order valence-corrected chi connectivity index (χ3v) is 5.14. The van der Waals surface area contributed by atoms with Gasteiger partial charge in [0, 0.05) is 29.6 Å². The fourth-order valence-electron chi connectivity index (χ4n) is 3.36. The van der Waals surface area contributed by atoms with Crippen LogP contribution in [0.25, 0.3) is 0 Å². The Hall–Kier alpha value is -1.60. The van der Waals surface area contributed by atoms with E-state index in [0.29, 0.717) is 32.6 Å². The third-order valence-electron chi connectivity index (χ3n) is 4.50. The van der Waals surface area contributed by atoms with Crippen molar-refractivity contribution < 1.29 is 14.3 Å². The Morgan fingerprint density at radius 2 is 2.15 bits per heavy atom. The Bertz CT molecular complexity index is 597. The van der Waals surface area contributed by atoms with E-state index in [1.165, 1.54) is 0 Å². The minimum absolute atomic E-state index is 0.0280. The van der Waals surface area contributed by atoms with Crippen LogP contribution in [0.2, 0.25) is 0 Å². The predicted octanol–water partition coefficient (Wildman–Crippen LogP) is 2.79. The first-order chi connectivity index (χ1) is 12.5. The highest BCUT2D eigenvalue weighted by molar-refractivity contribution is 9.10. The van der Waals surface area contributed by atoms with Gasteiger partial charge in [-0.25, -0.2) is 0 Å². The normalized spacial score (nSPS) is 19.2. The molecule has 1 heterocycles. The molecule has 1 aliphatic heterocycles. The summed E-state index contributed by atoms with van der Waals surface area (Å²) in [7, 11) is 0. The zero-order chi connectivity index (χ0) is 19.7. The molecule has 3 unspecified atom stereocenters. The molecule has 0 bridgehead atoms. The minimum Gasteiger partial charge on any atom is -0.381 e. The van der Waals surface area contributed by atoms with E-state index >= 15 is 0 Å². The van der Waals surface area contributed by atoms with Gasteiger partial charge in [-0.15, -0.1) is 0 Å². The molecule has 0 aliphatic carbocycles. The lowest BCUT2D eigenvalue weighted by molar-refractivity contribution is -0.119. The molecule has 3 atom stereocenters. The second-order valence-electron chi connectivity index (χ2n) is 5.86. The van der Waals surface area contributed by atoms with Crippen LogP contribution in [0.4, 0.5) is 5.69 Å². The van der Waals surface area contributed by atoms with Crippen molar-refractivity contribution in [1.29, 1.82) is 0 Å². The first kappa shape index (κ1) is 22.4. The summed E-state index contributed by atoms with van der Waals surface area (Å²) in [6.45, 7) is 9.50. The van der Waals surface area contributed by atoms with Crippen LogP contribution >= 0.6 is 15.9 Å². The van der Waals surface area contributed by atoms with Crippen LogP contribution in [0.3, 0.4) is 0 Å². The SMILES string of the molecule is CC.CCOCC1c2cccc(Br)c2N(C(C)C(N)=O)C1CCNC=O. The summed E-state index contributed by atoms with van der Waals surface area (Å²) in [4.78, 5) is 24.5. The van der Waals surface area contributed by atoms with Crippen LogP contribution in [0, 0.1) is 0 Å². The summed E-state index contributed by atoms with van der Waals surface area (Å²) >= 11 is 3.60. The van der Waals surface area contributed by atoms with Crippen LogP contribution in [-0.4, -0.2) is 44.2 Å². The number of benzene rings is 1. The summed E-state index contributed by atoms with van der Waals surface area (Å²) in [5, 5.41) is 2.71. The maximum atomic E-state index is 11.9. The molecule has 1 aromatic carbocycles. The Labute approximate surface area is 164 Å². The van der Waals surface area contributed by atoms with Gasteiger partial charge in [-0.3, -0.25) is 9.59 Å². The molecular weight excluding hydrogens is 398 g/mol. The lowest BCUT2D eigenvalue weighted by Gasteiger charge is -2.34. The number of ether oxygens (including phenoxy) is 1. The van der Waals surface area contributed by atoms with Gasteiger partial charge in [-0.2, -0.15) is 0 Å². The topological polar surface area (TPSA) is 84.7 Å². The predicted molar refractivity (Wildman–Crippen MR) is 108 cm³/mol. The van der Waals surface area contributed by atoms with E-state index in [2.05, 4.69) is 32.2 Å². The van der Waals surface area contributed by atoms with E-state index in [4.69, 9.17) is 10.5 Å². The zero-order valence-electron chi connectivity index (χ0n) is 16.0. The average Bonchev–Trinajstić information content (AvgIpc) is 2.95. The van der Waals surface area contributed by atoms with Gasteiger partial charge < -0.3 is 20.7 Å². The molecule has 0 aromatic heterocycles. The maximum absolute atomic E-state index is 11.9. The van der Waals surface area contributed by atoms with Crippen LogP contribution < -0.4 is 16.0 Å². The average molecular weight is 428 g/mol. The molecule has 6 nitrogen and oxygen atoms in total. The van der Waals surface area contributed by atoms with Crippen molar-refractivity contribution in [2.75, 3.05) is 24.7 Å². The van der Waals surface area contributed by atoms with Gasteiger partial charge in [0.2, 0.25) is 12.3 Å². The highest BCUT2D eigenvalue weighted by atomic mass is 79.9. The largest absolute Gasteiger partial charge is 0.381 e. The number of primary amides is 1. The molecule has 0 fully saturated rings. The second kappa shape index (κ2) is 11.2. The summed E-state index contributed by atoms with van der Waals surface area (Å²) < 4.78 is 6.62. The Kier molecular flexibility index (Phi) is 9.65. The van der Waals surface area contributed by atoms with Crippen molar-refractivity contribution in [2.24, 2.45) is 5.73 Å². The molecule has 0 saturated carbocycles. The molecule has 1 aromatic rings. The third kappa shape index (κ3) is 4.98. The highest BCUT2D eigenvalue weighted by Crippen LogP contribution is 2.47. The van der Waals surface area contributed by atoms with Crippen LogP contribution in [0.15, 0.2) is 22.7 Å². The van der Waals surface area contributed by atoms with Gasteiger partial charge in [0.25, 0.3) is 0 Å². The molecular formula is C19H30BrN3O3. The van der Waals surface area contributed by atoms with Gasteiger partial charge in [-0.05, 0) is 47.8 Å². The maximum Gasteiger partial charge on any atom is 0.239 e. The number of para-hydroxylation sites is 1. The van der Waals surface area contributed by atoms with Crippen molar-refractivity contribution in [3.63, 3.8) is 0 Å². The number of nitrogens with one attached hydrogen (secondary N) is 1. The van der Waals surface area contributed by atoms with Crippen LogP contribution in [-0.2, 0) is 14.3 Å². The molecule has 0 saturated heterocycles. The lowest BCUT2D eigenvalue weighted by atomic mass is 9.93. The number of halogens is 1. The van der Waals surface area contributed by atoms with Gasteiger partial charge in [-0.1, -0.05) is 26.0 Å². The second-order valence-corrected chi connectivity index (χ2v) is 6.71. The van der Waals surface area contributed by atoms with Crippen LogP contribution in [0.5, 0.6) is 0 Å². The zero-order valence-corrected chi connectivity index (χ0v) is 17.6. The molecule has 26 heavy (non-hydrogen) atoms. The quantitative estimate of drug-likeness (QED) is 0.468. The molecule has 2 rings (SSSR count). The van der Waals surface area contributed by atoms with Crippen molar-refractivity contribution in [3.8, 4) is 0 Å². The first-order valence-electron chi connectivity index (χ1n) is 9.13. The number of amides is 2. The van der Waals surface area contributed by atoms with E-state index in [1.54, 1.807) is 0 Å². The molecule has 0 radical (unpaired) electrons. The van der Waals surface area contributed by atoms with Gasteiger partial charge in [0.1, 0.15) is 6.04 Å². The summed E-state index contributed by atoms with van der Waals surface area (Å²) in [6, 6.07) is 5.60. The fourth-order valence-corrected chi connectivity index (χ4v) is 3.95. The van der Waals surface area contributed by atoms with E-state index < -0.39 is 6.04 Å². The highest BCUT2D eigenvalue weighted by Gasteiger charge is 2.42. The number of fused-ring (bicyclic) bond motifs is 1. The summed E-state index contributed by atoms with van der Waals surface area (Å²) in [5.74, 6) is -0.255. The monoisotopic (exact) mass is 427 g/mol. The molecule has 2 amide bonds. The Morgan fingerprint density at radius 3 is 2.73 bits per heavy atom. The number of anilines is 1. The molecule has 1 aliphatic rings. The van der Waals surface area contributed by atoms with Gasteiger partial charge >= 0.3 is 0 Å². The summed E-state index contributed by atoms with van der Waals surface area (Å²) in [5.41, 5.74) is 7.72. The van der Waals surface area contributed by atoms with Crippen molar-refractivity contribution in [3.05, 3.63) is 28.2 Å². The minimum atomic E-state index is -0.449. The molecule has 7 heteroatoms.